The van der Waals surface area contributed by atoms with Crippen molar-refractivity contribution < 1.29 is 24.5 Å². The predicted octanol–water partition coefficient (Wildman–Crippen LogP) is 3.08. The fourth-order valence-corrected chi connectivity index (χ4v) is 1.59. The van der Waals surface area contributed by atoms with Gasteiger partial charge in [-0.1, -0.05) is 44.2 Å². The second-order valence-corrected chi connectivity index (χ2v) is 3.93. The van der Waals surface area contributed by atoms with Crippen LogP contribution >= 0.6 is 0 Å². The van der Waals surface area contributed by atoms with E-state index < -0.39 is 17.6 Å². The normalized spacial score (nSPS) is 9.36. The highest BCUT2D eigenvalue weighted by molar-refractivity contribution is 6.00. The third-order valence-electron chi connectivity index (χ3n) is 2.53. The minimum atomic E-state index is -1.41. The monoisotopic (exact) mass is 303 g/mol. The van der Waals surface area contributed by atoms with E-state index in [1.54, 1.807) is 0 Å². The Bertz CT molecular complexity index is 640. The summed E-state index contributed by atoms with van der Waals surface area (Å²) < 4.78 is 5.35. The van der Waals surface area contributed by atoms with Gasteiger partial charge in [-0.2, -0.15) is 0 Å². The molecule has 0 radical (unpaired) electrons. The van der Waals surface area contributed by atoms with Crippen molar-refractivity contribution in [1.29, 1.82) is 0 Å². The van der Waals surface area contributed by atoms with Crippen LogP contribution in [0.4, 0.5) is 0 Å². The van der Waals surface area contributed by atoms with E-state index in [0.29, 0.717) is 0 Å². The Morgan fingerprint density at radius 1 is 1.00 bits per heavy atom. The molecule has 22 heavy (non-hydrogen) atoms. The van der Waals surface area contributed by atoms with Crippen LogP contribution in [-0.2, 0) is 6.61 Å². The smallest absolute Gasteiger partial charge is 0.355 e. The van der Waals surface area contributed by atoms with E-state index in [1.165, 1.54) is 12.1 Å². The average molecular weight is 303 g/mol. The fraction of sp³-hybridized carbons (Fsp3) is 0.188. The molecule has 0 fully saturated rings. The van der Waals surface area contributed by atoms with Crippen LogP contribution in [0.3, 0.4) is 0 Å². The van der Waals surface area contributed by atoms with E-state index in [4.69, 9.17) is 14.9 Å². The molecule has 0 aliphatic heterocycles. The second-order valence-electron chi connectivity index (χ2n) is 3.93. The number of hydrogen-bond donors (Lipinski definition) is 2. The predicted molar refractivity (Wildman–Crippen MR) is 80.3 cm³/mol. The quantitative estimate of drug-likeness (QED) is 0.881. The van der Waals surface area contributed by atoms with Gasteiger partial charge < -0.3 is 14.9 Å². The van der Waals surface area contributed by atoms with Crippen molar-refractivity contribution in [3.63, 3.8) is 0 Å². The first-order valence-corrected chi connectivity index (χ1v) is 6.72. The molecule has 2 N–H and O–H groups in total. The summed E-state index contributed by atoms with van der Waals surface area (Å²) in [6.07, 6.45) is 0. The van der Waals surface area contributed by atoms with E-state index in [1.807, 2.05) is 44.2 Å². The SMILES string of the molecule is CC.O=C(O)c1ccc(OCc2ccccc2)nc1C(=O)O. The molecule has 0 aliphatic carbocycles. The highest BCUT2D eigenvalue weighted by atomic mass is 16.5. The molecule has 0 spiro atoms. The van der Waals surface area contributed by atoms with Gasteiger partial charge in [0.25, 0.3) is 0 Å². The van der Waals surface area contributed by atoms with E-state index in [0.717, 1.165) is 5.56 Å². The minimum absolute atomic E-state index is 0.0660. The molecule has 0 saturated heterocycles. The largest absolute Gasteiger partial charge is 0.478 e. The molecule has 116 valence electrons. The number of pyridine rings is 1. The lowest BCUT2D eigenvalue weighted by Gasteiger charge is -2.07. The van der Waals surface area contributed by atoms with Gasteiger partial charge in [-0.05, 0) is 11.6 Å². The molecule has 2 rings (SSSR count). The number of rotatable bonds is 5. The van der Waals surface area contributed by atoms with Gasteiger partial charge in [0, 0.05) is 6.07 Å². The molecule has 1 aromatic carbocycles. The van der Waals surface area contributed by atoms with Crippen LogP contribution < -0.4 is 4.74 Å². The topological polar surface area (TPSA) is 96.7 Å². The standard InChI is InChI=1S/C14H11NO5.C2H6/c16-13(17)10-6-7-11(15-12(10)14(18)19)20-8-9-4-2-1-3-5-9;1-2/h1-7H,8H2,(H,16,17)(H,18,19);1-2H3. The minimum Gasteiger partial charge on any atom is -0.478 e. The Labute approximate surface area is 128 Å². The van der Waals surface area contributed by atoms with Crippen molar-refractivity contribution >= 4 is 11.9 Å². The highest BCUT2D eigenvalue weighted by Gasteiger charge is 2.18. The van der Waals surface area contributed by atoms with Crippen LogP contribution in [0, 0.1) is 0 Å². The number of aromatic carboxylic acids is 2. The maximum atomic E-state index is 11.0. The van der Waals surface area contributed by atoms with E-state index >= 15 is 0 Å². The lowest BCUT2D eigenvalue weighted by molar-refractivity contribution is 0.0645. The molecule has 0 atom stereocenters. The Morgan fingerprint density at radius 2 is 1.64 bits per heavy atom. The number of aromatic nitrogens is 1. The van der Waals surface area contributed by atoms with Crippen LogP contribution in [0.2, 0.25) is 0 Å². The van der Waals surface area contributed by atoms with Crippen molar-refractivity contribution in [2.75, 3.05) is 0 Å². The fourth-order valence-electron chi connectivity index (χ4n) is 1.59. The number of carboxylic acid groups (broad SMARTS) is 2. The maximum Gasteiger partial charge on any atom is 0.355 e. The van der Waals surface area contributed by atoms with Gasteiger partial charge in [0.15, 0.2) is 5.69 Å². The molecular weight excluding hydrogens is 286 g/mol. The third-order valence-corrected chi connectivity index (χ3v) is 2.53. The van der Waals surface area contributed by atoms with Crippen molar-refractivity contribution in [2.24, 2.45) is 0 Å². The Hall–Kier alpha value is -2.89. The Balaban J connectivity index is 0.00000116. The molecule has 1 aromatic heterocycles. The molecule has 0 unspecified atom stereocenters. The number of hydrogen-bond acceptors (Lipinski definition) is 4. The van der Waals surface area contributed by atoms with E-state index in [-0.39, 0.29) is 18.1 Å². The van der Waals surface area contributed by atoms with E-state index in [2.05, 4.69) is 4.98 Å². The Kier molecular flexibility index (Phi) is 6.56. The van der Waals surface area contributed by atoms with E-state index in [9.17, 15) is 9.59 Å². The van der Waals surface area contributed by atoms with Gasteiger partial charge in [0.1, 0.15) is 6.61 Å². The molecule has 0 aliphatic rings. The molecule has 0 amide bonds. The molecule has 6 nitrogen and oxygen atoms in total. The molecular formula is C16H17NO5. The Morgan fingerprint density at radius 3 is 2.18 bits per heavy atom. The lowest BCUT2D eigenvalue weighted by atomic mass is 10.2. The van der Waals surface area contributed by atoms with Gasteiger partial charge in [-0.3, -0.25) is 0 Å². The third kappa shape index (κ3) is 4.59. The van der Waals surface area contributed by atoms with Crippen LogP contribution in [0.5, 0.6) is 5.88 Å². The van der Waals surface area contributed by atoms with Crippen molar-refractivity contribution in [3.8, 4) is 5.88 Å². The van der Waals surface area contributed by atoms with Crippen LogP contribution in [0.1, 0.15) is 40.3 Å². The molecule has 0 saturated carbocycles. The molecule has 2 aromatic rings. The zero-order valence-electron chi connectivity index (χ0n) is 12.3. The molecule has 6 heteroatoms. The van der Waals surface area contributed by atoms with Crippen molar-refractivity contribution in [1.82, 2.24) is 4.98 Å². The summed E-state index contributed by atoms with van der Waals surface area (Å²) in [7, 11) is 0. The summed E-state index contributed by atoms with van der Waals surface area (Å²) >= 11 is 0. The first-order valence-electron chi connectivity index (χ1n) is 6.72. The van der Waals surface area contributed by atoms with Crippen LogP contribution in [0.15, 0.2) is 42.5 Å². The zero-order chi connectivity index (χ0) is 16.5. The van der Waals surface area contributed by atoms with Crippen molar-refractivity contribution in [3.05, 3.63) is 59.3 Å². The summed E-state index contributed by atoms with van der Waals surface area (Å²) in [4.78, 5) is 25.5. The highest BCUT2D eigenvalue weighted by Crippen LogP contribution is 2.15. The number of carbonyl (C=O) groups is 2. The summed E-state index contributed by atoms with van der Waals surface area (Å²) in [6, 6.07) is 11.8. The second kappa shape index (κ2) is 8.41. The summed E-state index contributed by atoms with van der Waals surface area (Å²) in [6.45, 7) is 4.22. The number of benzene rings is 1. The molecule has 1 heterocycles. The van der Waals surface area contributed by atoms with Crippen molar-refractivity contribution in [2.45, 2.75) is 20.5 Å². The maximum absolute atomic E-state index is 11.0. The average Bonchev–Trinajstić information content (AvgIpc) is 2.55. The number of nitrogens with zero attached hydrogens (tertiary/aromatic N) is 1. The summed E-state index contributed by atoms with van der Waals surface area (Å²) in [5, 5.41) is 17.8. The van der Waals surface area contributed by atoms with Crippen LogP contribution in [-0.4, -0.2) is 27.1 Å². The first-order chi connectivity index (χ1) is 10.6. The van der Waals surface area contributed by atoms with Gasteiger partial charge in [0.05, 0.1) is 5.56 Å². The van der Waals surface area contributed by atoms with Gasteiger partial charge >= 0.3 is 11.9 Å². The zero-order valence-corrected chi connectivity index (χ0v) is 12.3. The summed E-state index contributed by atoms with van der Waals surface area (Å²) in [5.41, 5.74) is -0.0129. The molecule has 0 bridgehead atoms. The first kappa shape index (κ1) is 17.2. The van der Waals surface area contributed by atoms with Gasteiger partial charge in [-0.15, -0.1) is 0 Å². The van der Waals surface area contributed by atoms with Crippen LogP contribution in [0.25, 0.3) is 0 Å². The number of ether oxygens (including phenoxy) is 1. The van der Waals surface area contributed by atoms with Gasteiger partial charge in [-0.25, -0.2) is 14.6 Å². The number of carboxylic acids is 2. The van der Waals surface area contributed by atoms with Gasteiger partial charge in [0.2, 0.25) is 5.88 Å². The lowest BCUT2D eigenvalue weighted by Crippen LogP contribution is -2.11. The summed E-state index contributed by atoms with van der Waals surface area (Å²) in [5.74, 6) is -2.69.